The molecule has 0 aliphatic heterocycles. The number of benzene rings is 6. The van der Waals surface area contributed by atoms with Crippen LogP contribution in [0.1, 0.15) is 16.7 Å². The minimum atomic E-state index is -3.45. The van der Waals surface area contributed by atoms with Crippen molar-refractivity contribution in [2.24, 2.45) is 19.8 Å². The lowest BCUT2D eigenvalue weighted by molar-refractivity contribution is 0.224. The van der Waals surface area contributed by atoms with Gasteiger partial charge in [-0.05, 0) is 114 Å². The van der Waals surface area contributed by atoms with Crippen LogP contribution in [-0.2, 0) is 57.3 Å². The quantitative estimate of drug-likeness (QED) is 0.00992. The average molecular weight is 1250 g/mol. The van der Waals surface area contributed by atoms with Gasteiger partial charge in [-0.15, -0.1) is 10.2 Å². The fraction of sp³-hybridized carbons (Fsp3) is 0.224. The number of hydrazone groups is 2. The summed E-state index contributed by atoms with van der Waals surface area (Å²) in [5.74, 6) is 2.49. The van der Waals surface area contributed by atoms with Crippen molar-refractivity contribution in [2.75, 3.05) is 68.4 Å². The van der Waals surface area contributed by atoms with Crippen LogP contribution in [0.2, 0.25) is 0 Å². The van der Waals surface area contributed by atoms with Crippen LogP contribution in [0, 0.1) is 0 Å². The van der Waals surface area contributed by atoms with Gasteiger partial charge in [0.2, 0.25) is 23.6 Å². The Hall–Kier alpha value is -4.41. The molecule has 6 aromatic rings. The van der Waals surface area contributed by atoms with E-state index in [1.165, 1.54) is 28.4 Å². The van der Waals surface area contributed by atoms with E-state index in [-0.39, 0.29) is 27.8 Å². The van der Waals surface area contributed by atoms with Crippen LogP contribution in [-0.4, -0.2) is 95.3 Å². The Morgan fingerprint density at radius 1 is 0.628 bits per heavy atom. The first-order chi connectivity index (χ1) is 37.6. The zero-order valence-electron chi connectivity index (χ0n) is 43.4. The van der Waals surface area contributed by atoms with Crippen molar-refractivity contribution < 1.29 is 45.5 Å². The first-order valence-corrected chi connectivity index (χ1v) is 37.7. The summed E-state index contributed by atoms with van der Waals surface area (Å²) in [7, 11) is -2.30. The molecule has 410 valence electrons. The van der Waals surface area contributed by atoms with Gasteiger partial charge in [-0.1, -0.05) is 96.2 Å². The lowest BCUT2D eigenvalue weighted by Crippen LogP contribution is -2.29. The molecular formula is C49H59N9O10P8S2+2. The van der Waals surface area contributed by atoms with E-state index in [1.807, 2.05) is 133 Å². The summed E-state index contributed by atoms with van der Waals surface area (Å²) < 4.78 is 79.4. The van der Waals surface area contributed by atoms with E-state index in [2.05, 4.69) is 53.2 Å². The summed E-state index contributed by atoms with van der Waals surface area (Å²) in [6.07, 6.45) is 3.74. The first-order valence-electron chi connectivity index (χ1n) is 23.4. The number of nitrogens with zero attached hydrogens (tertiary/aromatic N) is 9. The van der Waals surface area contributed by atoms with Crippen molar-refractivity contribution in [1.82, 2.24) is 14.5 Å². The molecule has 6 rings (SSSR count). The summed E-state index contributed by atoms with van der Waals surface area (Å²) in [6.45, 7) is 0.447. The molecule has 5 unspecified atom stereocenters. The lowest BCUT2D eigenvalue weighted by Gasteiger charge is -2.27. The zero-order valence-corrected chi connectivity index (χ0v) is 52.5. The fourth-order valence-corrected chi connectivity index (χ4v) is 16.6. The highest BCUT2D eigenvalue weighted by Crippen LogP contribution is 2.63. The maximum atomic E-state index is 12.9. The maximum Gasteiger partial charge on any atom is 0.540 e. The third-order valence-corrected chi connectivity index (χ3v) is 25.5. The largest absolute Gasteiger partial charge is 0.540 e. The zero-order chi connectivity index (χ0) is 56.0. The fourth-order valence-electron chi connectivity index (χ4n) is 7.07. The highest BCUT2D eigenvalue weighted by molar-refractivity contribution is 8.46. The van der Waals surface area contributed by atoms with Crippen molar-refractivity contribution in [3.63, 3.8) is 0 Å². The molecule has 0 fully saturated rings. The van der Waals surface area contributed by atoms with Crippen LogP contribution in [0.4, 0.5) is 0 Å². The van der Waals surface area contributed by atoms with Gasteiger partial charge in [-0.2, -0.15) is 0 Å². The van der Waals surface area contributed by atoms with Crippen LogP contribution in [0.3, 0.4) is 0 Å². The minimum absolute atomic E-state index is 0.0415. The van der Waals surface area contributed by atoms with Gasteiger partial charge in [-0.25, -0.2) is 0 Å². The molecule has 0 aliphatic rings. The summed E-state index contributed by atoms with van der Waals surface area (Å²) >= 11 is 11.5. The summed E-state index contributed by atoms with van der Waals surface area (Å²) in [5.41, 5.74) is 11.3. The molecule has 19 nitrogen and oxygen atoms in total. The summed E-state index contributed by atoms with van der Waals surface area (Å²) in [5, 5.41) is 12.2. The van der Waals surface area contributed by atoms with Gasteiger partial charge in [0.05, 0.1) is 41.0 Å². The van der Waals surface area contributed by atoms with Gasteiger partial charge < -0.3 is 27.4 Å². The predicted molar refractivity (Wildman–Crippen MR) is 331 cm³/mol. The summed E-state index contributed by atoms with van der Waals surface area (Å²) in [4.78, 5) is 8.18. The predicted octanol–water partition coefficient (Wildman–Crippen LogP) is 13.6. The molecule has 0 bridgehead atoms. The molecule has 0 saturated carbocycles. The second-order valence-electron chi connectivity index (χ2n) is 16.2. The highest BCUT2D eigenvalue weighted by Gasteiger charge is 2.32. The SMILES string of the molecule is COP(=O)(CN(CCc1ccc(O[P+](=S)N(C)N=Cc2ccc(OCN=P(c3ccccc3)(c3ccccc3)c3ccc(O[P+](=S)N(C)N=Cc4ccc(OPP(P)N=[N+]=[N-])cc4)cc3)cc2)cc1)CP(=O)(OC)OC)OC. The van der Waals surface area contributed by atoms with E-state index >= 15 is 0 Å². The van der Waals surface area contributed by atoms with E-state index in [9.17, 15) is 9.13 Å². The number of hydrogen-bond donors (Lipinski definition) is 0. The van der Waals surface area contributed by atoms with Crippen molar-refractivity contribution in [3.8, 4) is 23.0 Å². The molecule has 0 saturated heterocycles. The van der Waals surface area contributed by atoms with Crippen LogP contribution in [0.15, 0.2) is 178 Å². The van der Waals surface area contributed by atoms with E-state index < -0.39 is 43.8 Å². The van der Waals surface area contributed by atoms with E-state index in [0.717, 1.165) is 32.6 Å². The van der Waals surface area contributed by atoms with E-state index in [4.69, 9.17) is 70.3 Å². The van der Waals surface area contributed by atoms with Gasteiger partial charge in [0.1, 0.15) is 32.6 Å². The van der Waals surface area contributed by atoms with Crippen molar-refractivity contribution >= 4 is 113 Å². The standard InChI is InChI=1S/C49H59N9O10P8S2/c1-56(72(77)67-45-27-17-40(18-28-45)33-34-58(38-74(59,61-3)62-4)39-75(60,63-5)64-6)51-35-41-19-23-43(24-20-41)65-37-53-76(47-13-9-7-10-14-47,48-15-11-8-12-16-48)49-31-29-46(30-32-49)68-73(78)57(2)52-36-42-21-25-44(26-22-42)66-70-71(69)55-54-50/h7-32,35-36,70H,33-34,37-39,69H2,1-6H3/q+2. The smallest absolute Gasteiger partial charge is 0.472 e. The van der Waals surface area contributed by atoms with Crippen LogP contribution in [0.25, 0.3) is 10.4 Å². The van der Waals surface area contributed by atoms with Gasteiger partial charge in [0.15, 0.2) is 18.2 Å². The molecule has 5 atom stereocenters. The Morgan fingerprint density at radius 3 is 1.50 bits per heavy atom. The Kier molecular flexibility index (Phi) is 25.4. The molecule has 0 heterocycles. The third-order valence-electron chi connectivity index (χ3n) is 11.2. The number of rotatable bonds is 31. The molecule has 0 spiro atoms. The summed E-state index contributed by atoms with van der Waals surface area (Å²) in [6, 6.07) is 50.9. The normalized spacial score (nSPS) is 12.8. The molecular weight excluding hydrogens is 1190 g/mol. The molecule has 0 aromatic heterocycles. The van der Waals surface area contributed by atoms with Crippen LogP contribution in [0.5, 0.6) is 23.0 Å². The monoisotopic (exact) mass is 1250 g/mol. The Labute approximate surface area is 472 Å². The van der Waals surface area contributed by atoms with Crippen molar-refractivity contribution in [3.05, 3.63) is 185 Å². The molecule has 0 amide bonds. The lowest BCUT2D eigenvalue weighted by atomic mass is 10.1. The minimum Gasteiger partial charge on any atom is -0.472 e. The molecule has 6 aromatic carbocycles. The maximum absolute atomic E-state index is 12.9. The Balaban J connectivity index is 1.07. The second kappa shape index (κ2) is 31.6. The van der Waals surface area contributed by atoms with Crippen molar-refractivity contribution in [2.45, 2.75) is 6.42 Å². The molecule has 0 aliphatic carbocycles. The Bertz CT molecular complexity index is 3090. The van der Waals surface area contributed by atoms with Gasteiger partial charge in [0.25, 0.3) is 0 Å². The highest BCUT2D eigenvalue weighted by atomic mass is 32.4. The van der Waals surface area contributed by atoms with Crippen molar-refractivity contribution in [1.29, 1.82) is 0 Å². The molecule has 78 heavy (non-hydrogen) atoms. The molecule has 0 radical (unpaired) electrons. The number of hydrogen-bond acceptors (Lipinski definition) is 17. The topological polar surface area (TPSA) is 204 Å². The van der Waals surface area contributed by atoms with E-state index in [0.29, 0.717) is 36.0 Å². The third kappa shape index (κ3) is 18.8. The van der Waals surface area contributed by atoms with E-state index in [1.54, 1.807) is 41.0 Å². The van der Waals surface area contributed by atoms with Gasteiger partial charge in [-0.3, -0.25) is 27.8 Å². The number of azide groups is 1. The number of ether oxygens (including phenoxy) is 1. The van der Waals surface area contributed by atoms with Crippen LogP contribution < -0.4 is 34.2 Å². The Morgan fingerprint density at radius 2 is 1.05 bits per heavy atom. The van der Waals surface area contributed by atoms with Crippen LogP contribution >= 0.6 is 61.3 Å². The van der Waals surface area contributed by atoms with Gasteiger partial charge in [0, 0.05) is 55.8 Å². The van der Waals surface area contributed by atoms with Gasteiger partial charge >= 0.3 is 29.3 Å². The second-order valence-corrected chi connectivity index (χ2v) is 34.3. The molecule has 29 heteroatoms. The first kappa shape index (κ1) is 62.8. The molecule has 0 N–H and O–H groups in total. The average Bonchev–Trinajstić information content (AvgIpc) is 3.56.